The Bertz CT molecular complexity index is 2140. The lowest BCUT2D eigenvalue weighted by Gasteiger charge is -2.25. The number of aromatic nitrogens is 1. The molecule has 0 bridgehead atoms. The highest BCUT2D eigenvalue weighted by Crippen LogP contribution is 2.37. The van der Waals surface area contributed by atoms with Crippen molar-refractivity contribution >= 4 is 35.0 Å². The third-order valence-electron chi connectivity index (χ3n) is 7.69. The molecule has 48 heavy (non-hydrogen) atoms. The summed E-state index contributed by atoms with van der Waals surface area (Å²) in [7, 11) is 1.25. The summed E-state index contributed by atoms with van der Waals surface area (Å²) >= 11 is 1.12. The number of nitro benzene ring substituents is 1. The summed E-state index contributed by atoms with van der Waals surface area (Å²) in [6, 6.07) is 10.6. The number of aryl methyl sites for hydroxylation is 1. The van der Waals surface area contributed by atoms with E-state index < -0.39 is 28.5 Å². The van der Waals surface area contributed by atoms with Crippen molar-refractivity contribution in [1.82, 2.24) is 4.57 Å². The van der Waals surface area contributed by atoms with Gasteiger partial charge in [0.25, 0.3) is 11.2 Å². The van der Waals surface area contributed by atoms with Crippen LogP contribution in [0.1, 0.15) is 49.3 Å². The van der Waals surface area contributed by atoms with Crippen molar-refractivity contribution < 1.29 is 37.9 Å². The number of carbonyl (C=O) groups is 2. The van der Waals surface area contributed by atoms with Crippen LogP contribution in [0.25, 0.3) is 17.4 Å². The number of fused-ring (bicyclic) bond motifs is 1. The zero-order valence-electron chi connectivity index (χ0n) is 27.1. The number of furan rings is 1. The molecule has 250 valence electrons. The number of benzene rings is 2. The van der Waals surface area contributed by atoms with Gasteiger partial charge in [0.15, 0.2) is 22.9 Å². The number of thiazole rings is 1. The average molecular weight is 676 g/mol. The molecule has 0 saturated heterocycles. The minimum atomic E-state index is -0.931. The van der Waals surface area contributed by atoms with E-state index >= 15 is 0 Å². The lowest BCUT2D eigenvalue weighted by atomic mass is 9.95. The lowest BCUT2D eigenvalue weighted by Crippen LogP contribution is -2.40. The van der Waals surface area contributed by atoms with Gasteiger partial charge in [-0.1, -0.05) is 17.4 Å². The van der Waals surface area contributed by atoms with Gasteiger partial charge in [-0.05, 0) is 76.1 Å². The normalized spacial score (nSPS) is 14.3. The highest BCUT2D eigenvalue weighted by Gasteiger charge is 2.34. The number of rotatable bonds is 11. The smallest absolute Gasteiger partial charge is 0.343 e. The fraction of sp³-hybridized carbons (Fsp3) is 0.294. The number of carbonyl (C=O) groups excluding carboxylic acids is 2. The van der Waals surface area contributed by atoms with Gasteiger partial charge in [0.05, 0.1) is 47.1 Å². The van der Waals surface area contributed by atoms with Gasteiger partial charge in [0, 0.05) is 23.3 Å². The second-order valence-electron chi connectivity index (χ2n) is 10.7. The summed E-state index contributed by atoms with van der Waals surface area (Å²) in [5, 5.41) is 11.6. The molecule has 13 nitrogen and oxygen atoms in total. The molecule has 0 spiro atoms. The Hall–Kier alpha value is -5.50. The van der Waals surface area contributed by atoms with Crippen LogP contribution in [-0.2, 0) is 19.1 Å². The molecule has 1 atom stereocenters. The highest BCUT2D eigenvalue weighted by atomic mass is 32.1. The Kier molecular flexibility index (Phi) is 9.94. The monoisotopic (exact) mass is 675 g/mol. The summed E-state index contributed by atoms with van der Waals surface area (Å²) in [4.78, 5) is 55.2. The first-order valence-corrected chi connectivity index (χ1v) is 15.8. The topological polar surface area (TPSA) is 162 Å². The maximum Gasteiger partial charge on any atom is 0.343 e. The highest BCUT2D eigenvalue weighted by molar-refractivity contribution is 7.07. The van der Waals surface area contributed by atoms with Crippen molar-refractivity contribution in [3.8, 4) is 22.8 Å². The van der Waals surface area contributed by atoms with Gasteiger partial charge in [0.1, 0.15) is 11.5 Å². The minimum absolute atomic E-state index is 0.0143. The third-order valence-corrected chi connectivity index (χ3v) is 8.68. The van der Waals surface area contributed by atoms with Crippen molar-refractivity contribution in [2.45, 2.75) is 40.7 Å². The molecule has 4 aromatic rings. The summed E-state index contributed by atoms with van der Waals surface area (Å²) in [5.74, 6) is 0.125. The fourth-order valence-corrected chi connectivity index (χ4v) is 6.30. The Morgan fingerprint density at radius 3 is 2.52 bits per heavy atom. The molecule has 0 N–H and O–H groups in total. The van der Waals surface area contributed by atoms with Crippen LogP contribution >= 0.6 is 11.3 Å². The Labute approximate surface area is 278 Å². The van der Waals surface area contributed by atoms with E-state index in [1.54, 1.807) is 77.1 Å². The largest absolute Gasteiger partial charge is 0.490 e. The van der Waals surface area contributed by atoms with E-state index in [2.05, 4.69) is 9.73 Å². The van der Waals surface area contributed by atoms with Crippen molar-refractivity contribution in [2.75, 3.05) is 26.9 Å². The lowest BCUT2D eigenvalue weighted by molar-refractivity contribution is -0.385. The van der Waals surface area contributed by atoms with E-state index in [4.69, 9.17) is 18.6 Å². The molecule has 0 fully saturated rings. The molecule has 2 aromatic heterocycles. The molecule has 14 heteroatoms. The number of allylic oxidation sites excluding steroid dienone is 1. The molecule has 0 radical (unpaired) electrons. The van der Waals surface area contributed by atoms with Gasteiger partial charge >= 0.3 is 11.9 Å². The Morgan fingerprint density at radius 2 is 1.83 bits per heavy atom. The maximum absolute atomic E-state index is 14.1. The first-order chi connectivity index (χ1) is 23.0. The van der Waals surface area contributed by atoms with Crippen molar-refractivity contribution in [2.24, 2.45) is 4.99 Å². The predicted octanol–water partition coefficient (Wildman–Crippen LogP) is 4.53. The van der Waals surface area contributed by atoms with E-state index in [-0.39, 0.29) is 41.4 Å². The van der Waals surface area contributed by atoms with Crippen LogP contribution in [0.4, 0.5) is 5.69 Å². The minimum Gasteiger partial charge on any atom is -0.490 e. The van der Waals surface area contributed by atoms with Crippen molar-refractivity contribution in [3.63, 3.8) is 0 Å². The molecule has 3 heterocycles. The number of hydrogen-bond acceptors (Lipinski definition) is 12. The summed E-state index contributed by atoms with van der Waals surface area (Å²) in [6.45, 7) is 8.69. The second kappa shape index (κ2) is 14.1. The first kappa shape index (κ1) is 33.9. The molecule has 1 aliphatic rings. The number of ether oxygens (including phenoxy) is 4. The molecule has 2 aromatic carbocycles. The number of hydrogen-bond donors (Lipinski definition) is 0. The van der Waals surface area contributed by atoms with Crippen LogP contribution < -0.4 is 24.4 Å². The predicted molar refractivity (Wildman–Crippen MR) is 176 cm³/mol. The van der Waals surface area contributed by atoms with Crippen LogP contribution in [-0.4, -0.2) is 48.4 Å². The van der Waals surface area contributed by atoms with Crippen LogP contribution in [0.15, 0.2) is 67.9 Å². The zero-order valence-corrected chi connectivity index (χ0v) is 28.0. The second-order valence-corrected chi connectivity index (χ2v) is 11.7. The van der Waals surface area contributed by atoms with Gasteiger partial charge in [-0.2, -0.15) is 0 Å². The van der Waals surface area contributed by atoms with E-state index in [1.165, 1.54) is 17.7 Å². The Balaban J connectivity index is 1.62. The van der Waals surface area contributed by atoms with Gasteiger partial charge in [0.2, 0.25) is 0 Å². The van der Waals surface area contributed by atoms with Gasteiger partial charge in [-0.15, -0.1) is 0 Å². The number of esters is 2. The van der Waals surface area contributed by atoms with E-state index in [0.717, 1.165) is 16.9 Å². The van der Waals surface area contributed by atoms with E-state index in [1.807, 2.05) is 0 Å². The molecular weight excluding hydrogens is 642 g/mol. The fourth-order valence-electron chi connectivity index (χ4n) is 5.27. The SMILES string of the molecule is CCOC(=O)C1=C(C)N=c2s/c(=C/c3ccc(-c4cc(C)c(C)c([N+](=O)[O-])c4)o3)c(=O)n2[C@@H]1c1ccc(OCC(=O)OC)c(OCC)c1. The Morgan fingerprint density at radius 1 is 1.06 bits per heavy atom. The summed E-state index contributed by atoms with van der Waals surface area (Å²) in [6.07, 6.45) is 1.57. The zero-order chi connectivity index (χ0) is 34.7. The molecule has 5 rings (SSSR count). The van der Waals surface area contributed by atoms with Crippen LogP contribution in [0.2, 0.25) is 0 Å². The van der Waals surface area contributed by atoms with Gasteiger partial charge < -0.3 is 23.4 Å². The molecule has 0 amide bonds. The van der Waals surface area contributed by atoms with Crippen molar-refractivity contribution in [1.29, 1.82) is 0 Å². The van der Waals surface area contributed by atoms with Crippen LogP contribution in [0, 0.1) is 24.0 Å². The molecule has 0 unspecified atom stereocenters. The van der Waals surface area contributed by atoms with Crippen LogP contribution in [0.5, 0.6) is 11.5 Å². The van der Waals surface area contributed by atoms with Gasteiger partial charge in [-0.3, -0.25) is 19.5 Å². The molecule has 0 saturated carbocycles. The third kappa shape index (κ3) is 6.65. The molecule has 0 aliphatic carbocycles. The molecular formula is C34H33N3O10S. The van der Waals surface area contributed by atoms with E-state index in [0.29, 0.717) is 44.5 Å². The summed E-state index contributed by atoms with van der Waals surface area (Å²) in [5.41, 5.74) is 2.48. The standard InChI is InChI=1S/C34H33N3O10S/c1-7-44-27-15-21(9-11-26(27)46-17-29(38)43-6)31-30(33(40)45-8-2)20(5)35-34-36(31)32(39)28(48-34)16-23-10-12-25(47-23)22-13-18(3)19(4)24(14-22)37(41)42/h9-16,31H,7-8,17H2,1-6H3/b28-16+/t31-/m1/s1. The number of methoxy groups -OCH3 is 1. The van der Waals surface area contributed by atoms with Crippen molar-refractivity contribution in [3.05, 3.63) is 106 Å². The van der Waals surface area contributed by atoms with E-state index in [9.17, 15) is 24.5 Å². The summed E-state index contributed by atoms with van der Waals surface area (Å²) < 4.78 is 29.2. The average Bonchev–Trinajstić information content (AvgIpc) is 3.64. The van der Waals surface area contributed by atoms with Crippen LogP contribution in [0.3, 0.4) is 0 Å². The number of nitro groups is 1. The van der Waals surface area contributed by atoms with Gasteiger partial charge in [-0.25, -0.2) is 14.6 Å². The maximum atomic E-state index is 14.1. The quantitative estimate of drug-likeness (QED) is 0.125. The number of nitrogens with zero attached hydrogens (tertiary/aromatic N) is 3. The molecule has 1 aliphatic heterocycles. The first-order valence-electron chi connectivity index (χ1n) is 15.0.